The van der Waals surface area contributed by atoms with Crippen molar-refractivity contribution in [2.75, 3.05) is 25.1 Å². The average Bonchev–Trinajstić information content (AvgIpc) is 3.62. The number of halogens is 2. The van der Waals surface area contributed by atoms with Crippen LogP contribution in [0.2, 0.25) is 10.0 Å². The smallest absolute Gasteiger partial charge is 0.340 e. The molecule has 4 aliphatic rings. The number of hydrogen-bond acceptors (Lipinski definition) is 6. The van der Waals surface area contributed by atoms with Gasteiger partial charge in [-0.05, 0) is 49.6 Å². The van der Waals surface area contributed by atoms with Gasteiger partial charge in [0.1, 0.15) is 11.5 Å². The second-order valence-corrected chi connectivity index (χ2v) is 11.8. The van der Waals surface area contributed by atoms with E-state index in [1.54, 1.807) is 0 Å². The van der Waals surface area contributed by atoms with Gasteiger partial charge in [-0.25, -0.2) is 4.79 Å². The Morgan fingerprint density at radius 1 is 1.13 bits per heavy atom. The van der Waals surface area contributed by atoms with Crippen molar-refractivity contribution in [3.8, 4) is 11.3 Å². The third kappa shape index (κ3) is 4.22. The van der Waals surface area contributed by atoms with Crippen LogP contribution in [-0.4, -0.2) is 42.0 Å². The highest BCUT2D eigenvalue weighted by Gasteiger charge is 2.48. The molecule has 2 aliphatic carbocycles. The van der Waals surface area contributed by atoms with Crippen LogP contribution in [0.5, 0.6) is 0 Å². The summed E-state index contributed by atoms with van der Waals surface area (Å²) in [4.78, 5) is 14.6. The van der Waals surface area contributed by atoms with Crippen molar-refractivity contribution in [2.24, 2.45) is 18.9 Å². The van der Waals surface area contributed by atoms with Crippen molar-refractivity contribution in [1.29, 1.82) is 0 Å². The van der Waals surface area contributed by atoms with Gasteiger partial charge in [0.2, 0.25) is 0 Å². The summed E-state index contributed by atoms with van der Waals surface area (Å²) in [6, 6.07) is 11.8. The van der Waals surface area contributed by atoms with E-state index in [-0.39, 0.29) is 12.1 Å². The molecule has 202 valence electrons. The highest BCUT2D eigenvalue weighted by atomic mass is 35.5. The first-order chi connectivity index (χ1) is 18.9. The molecule has 9 heteroatoms. The Kier molecular flexibility index (Phi) is 6.14. The maximum atomic E-state index is 12.2. The fraction of sp³-hybridized carbons (Fsp3) is 0.400. The predicted molar refractivity (Wildman–Crippen MR) is 151 cm³/mol. The molecule has 2 saturated heterocycles. The van der Waals surface area contributed by atoms with Crippen molar-refractivity contribution in [3.63, 3.8) is 0 Å². The van der Waals surface area contributed by atoms with E-state index in [4.69, 9.17) is 37.2 Å². The van der Waals surface area contributed by atoms with E-state index in [2.05, 4.69) is 22.2 Å². The zero-order valence-corrected chi connectivity index (χ0v) is 23.3. The lowest BCUT2D eigenvalue weighted by Crippen LogP contribution is -2.59. The first-order valence-electron chi connectivity index (χ1n) is 13.4. The molecule has 4 aromatic rings. The largest absolute Gasteiger partial charge is 0.465 e. The normalized spacial score (nSPS) is 22.3. The number of rotatable bonds is 7. The van der Waals surface area contributed by atoms with Gasteiger partial charge in [0.05, 0.1) is 40.9 Å². The Labute approximate surface area is 236 Å². The molecule has 0 N–H and O–H groups in total. The highest BCUT2D eigenvalue weighted by Crippen LogP contribution is 2.48. The summed E-state index contributed by atoms with van der Waals surface area (Å²) in [5.41, 5.74) is 5.16. The number of fused-ring (bicyclic) bond motifs is 3. The molecule has 2 aromatic carbocycles. The van der Waals surface area contributed by atoms with Crippen LogP contribution in [0, 0.1) is 11.8 Å². The Balaban J connectivity index is 1.08. The summed E-state index contributed by atoms with van der Waals surface area (Å²) in [7, 11) is 3.37. The van der Waals surface area contributed by atoms with Crippen LogP contribution < -0.4 is 4.90 Å². The van der Waals surface area contributed by atoms with Crippen molar-refractivity contribution < 1.29 is 18.8 Å². The van der Waals surface area contributed by atoms with Crippen LogP contribution in [0.25, 0.3) is 22.2 Å². The van der Waals surface area contributed by atoms with Gasteiger partial charge in [0.25, 0.3) is 0 Å². The second-order valence-electron chi connectivity index (χ2n) is 11.0. The Morgan fingerprint density at radius 2 is 1.87 bits per heavy atom. The number of esters is 1. The molecule has 2 saturated carbocycles. The first kappa shape index (κ1) is 25.0. The van der Waals surface area contributed by atoms with Gasteiger partial charge < -0.3 is 23.5 Å². The quantitative estimate of drug-likeness (QED) is 0.228. The molecule has 2 aliphatic heterocycles. The van der Waals surface area contributed by atoms with Crippen LogP contribution in [0.4, 0.5) is 5.69 Å². The zero-order valence-electron chi connectivity index (χ0n) is 21.8. The van der Waals surface area contributed by atoms with Gasteiger partial charge in [-0.2, -0.15) is 0 Å². The van der Waals surface area contributed by atoms with Crippen molar-refractivity contribution in [2.45, 2.75) is 37.9 Å². The number of nitrogens with zero attached hydrogens (tertiary/aromatic N) is 3. The van der Waals surface area contributed by atoms with E-state index in [0.29, 0.717) is 51.2 Å². The van der Waals surface area contributed by atoms with Gasteiger partial charge in [0, 0.05) is 66.3 Å². The topological polar surface area (TPSA) is 69.7 Å². The fourth-order valence-electron chi connectivity index (χ4n) is 6.40. The van der Waals surface area contributed by atoms with Crippen LogP contribution in [0.3, 0.4) is 0 Å². The number of methoxy groups -OCH3 is 1. The molecule has 2 aromatic heterocycles. The molecule has 4 fully saturated rings. The highest BCUT2D eigenvalue weighted by molar-refractivity contribution is 6.39. The molecule has 0 spiro atoms. The molecule has 8 rings (SSSR count). The average molecular weight is 566 g/mol. The monoisotopic (exact) mass is 565 g/mol. The SMILES string of the molecule is COC(=O)c1cn(C)c2cc(N3CC4CC(C3)C4OCc3c(-c4c(Cl)cccc4Cl)noc3C3CC3)ccc12. The standard InChI is InChI=1S/C30H29Cl2N3O4/c1-34-14-21(30(36)37-2)20-9-8-19(11-25(20)34)35-12-17-10-18(13-35)28(17)38-15-22-27(33-39-29(22)16-6-7-16)26-23(31)4-3-5-24(26)32/h3-5,8-9,11,14,16-18,28H,6-7,10,12-13,15H2,1-2H3. The van der Waals surface area contributed by atoms with Gasteiger partial charge >= 0.3 is 5.97 Å². The summed E-state index contributed by atoms with van der Waals surface area (Å²) >= 11 is 13.1. The summed E-state index contributed by atoms with van der Waals surface area (Å²) in [6.07, 6.45) is 5.41. The second kappa shape index (κ2) is 9.58. The maximum Gasteiger partial charge on any atom is 0.340 e. The molecular weight excluding hydrogens is 537 g/mol. The van der Waals surface area contributed by atoms with Crippen LogP contribution >= 0.6 is 23.2 Å². The van der Waals surface area contributed by atoms with Crippen molar-refractivity contribution in [3.05, 3.63) is 69.5 Å². The Morgan fingerprint density at radius 3 is 2.56 bits per heavy atom. The Hall–Kier alpha value is -3.00. The molecule has 2 bridgehead atoms. The summed E-state index contributed by atoms with van der Waals surface area (Å²) in [5, 5.41) is 6.43. The van der Waals surface area contributed by atoms with E-state index in [9.17, 15) is 4.79 Å². The lowest BCUT2D eigenvalue weighted by atomic mass is 9.68. The van der Waals surface area contributed by atoms with Gasteiger partial charge in [-0.3, -0.25) is 0 Å². The maximum absolute atomic E-state index is 12.2. The molecule has 0 amide bonds. The number of aromatic nitrogens is 2. The van der Waals surface area contributed by atoms with Crippen LogP contribution in [-0.2, 0) is 23.1 Å². The number of benzene rings is 2. The van der Waals surface area contributed by atoms with Crippen molar-refractivity contribution >= 4 is 45.8 Å². The van der Waals surface area contributed by atoms with Gasteiger partial charge in [0.15, 0.2) is 0 Å². The molecule has 39 heavy (non-hydrogen) atoms. The molecule has 7 nitrogen and oxygen atoms in total. The molecule has 2 atom stereocenters. The van der Waals surface area contributed by atoms with Gasteiger partial charge in [-0.15, -0.1) is 0 Å². The number of piperidine rings is 2. The van der Waals surface area contributed by atoms with Gasteiger partial charge in [-0.1, -0.05) is 34.4 Å². The summed E-state index contributed by atoms with van der Waals surface area (Å²) in [5.74, 6) is 1.90. The molecule has 4 heterocycles. The van der Waals surface area contributed by atoms with Crippen molar-refractivity contribution in [1.82, 2.24) is 9.72 Å². The fourth-order valence-corrected chi connectivity index (χ4v) is 6.97. The predicted octanol–water partition coefficient (Wildman–Crippen LogP) is 6.85. The number of ether oxygens (including phenoxy) is 2. The zero-order chi connectivity index (χ0) is 26.8. The summed E-state index contributed by atoms with van der Waals surface area (Å²) < 4.78 is 19.4. The first-order valence-corrected chi connectivity index (χ1v) is 14.1. The third-order valence-corrected chi connectivity index (χ3v) is 9.21. The third-order valence-electron chi connectivity index (χ3n) is 8.58. The van der Waals surface area contributed by atoms with Crippen LogP contribution in [0.1, 0.15) is 46.9 Å². The van der Waals surface area contributed by atoms with E-state index >= 15 is 0 Å². The number of carbonyl (C=O) groups excluding carboxylic acids is 1. The number of carbonyl (C=O) groups is 1. The van der Waals surface area contributed by atoms with E-state index in [0.717, 1.165) is 48.2 Å². The summed E-state index contributed by atoms with van der Waals surface area (Å²) in [6.45, 7) is 2.31. The molecule has 2 unspecified atom stereocenters. The Bertz CT molecular complexity index is 1560. The van der Waals surface area contributed by atoms with Crippen LogP contribution in [0.15, 0.2) is 47.1 Å². The van der Waals surface area contributed by atoms with E-state index in [1.807, 2.05) is 42.1 Å². The minimum absolute atomic E-state index is 0.197. The minimum Gasteiger partial charge on any atom is -0.465 e. The van der Waals surface area contributed by atoms with E-state index < -0.39 is 0 Å². The lowest BCUT2D eigenvalue weighted by Gasteiger charge is -2.53. The number of anilines is 1. The lowest BCUT2D eigenvalue weighted by molar-refractivity contribution is -0.111. The minimum atomic E-state index is -0.315. The number of hydrogen-bond donors (Lipinski definition) is 0. The molecule has 0 radical (unpaired) electrons. The van der Waals surface area contributed by atoms with E-state index in [1.165, 1.54) is 19.2 Å². The number of aryl methyl sites for hydroxylation is 1. The molecular formula is C30H29Cl2N3O4.